The summed E-state index contributed by atoms with van der Waals surface area (Å²) in [5, 5.41) is 11.7. The Morgan fingerprint density at radius 1 is 1.06 bits per heavy atom. The van der Waals surface area contributed by atoms with Crippen LogP contribution in [0.1, 0.15) is 35.1 Å². The van der Waals surface area contributed by atoms with E-state index >= 15 is 0 Å². The second-order valence-corrected chi connectivity index (χ2v) is 7.86. The normalized spacial score (nSPS) is 11.0. The van der Waals surface area contributed by atoms with Crippen LogP contribution in [0.2, 0.25) is 0 Å². The summed E-state index contributed by atoms with van der Waals surface area (Å²) in [4.78, 5) is 14.7. The van der Waals surface area contributed by atoms with Gasteiger partial charge in [0.25, 0.3) is 5.91 Å². The highest BCUT2D eigenvalue weighted by atomic mass is 19.1. The summed E-state index contributed by atoms with van der Waals surface area (Å²) in [6.07, 6.45) is 3.67. The van der Waals surface area contributed by atoms with E-state index in [0.29, 0.717) is 24.2 Å². The van der Waals surface area contributed by atoms with Crippen LogP contribution >= 0.6 is 0 Å². The zero-order valence-corrected chi connectivity index (χ0v) is 18.6. The van der Waals surface area contributed by atoms with Crippen molar-refractivity contribution in [2.75, 3.05) is 13.6 Å². The van der Waals surface area contributed by atoms with Crippen molar-refractivity contribution >= 4 is 5.91 Å². The van der Waals surface area contributed by atoms with Gasteiger partial charge in [-0.2, -0.15) is 10.2 Å². The first-order valence-electron chi connectivity index (χ1n) is 10.8. The molecule has 2 aromatic heterocycles. The van der Waals surface area contributed by atoms with Crippen molar-refractivity contribution in [3.63, 3.8) is 0 Å². The summed E-state index contributed by atoms with van der Waals surface area (Å²) in [5.41, 5.74) is 4.60. The molecule has 0 spiro atoms. The molecule has 4 rings (SSSR count). The first kappa shape index (κ1) is 22.4. The van der Waals surface area contributed by atoms with Crippen LogP contribution in [0.15, 0.2) is 60.8 Å². The van der Waals surface area contributed by atoms with Crippen LogP contribution in [0.25, 0.3) is 16.9 Å². The molecular formula is C25H25F2N5O. The Kier molecular flexibility index (Phi) is 6.63. The molecule has 0 radical (unpaired) electrons. The number of carbonyl (C=O) groups excluding carboxylic acids is 1. The van der Waals surface area contributed by atoms with E-state index in [2.05, 4.69) is 15.3 Å². The Bertz CT molecular complexity index is 1230. The molecule has 0 aliphatic heterocycles. The van der Waals surface area contributed by atoms with E-state index in [1.807, 2.05) is 13.0 Å². The van der Waals surface area contributed by atoms with Gasteiger partial charge in [-0.25, -0.2) is 13.5 Å². The molecule has 0 saturated heterocycles. The van der Waals surface area contributed by atoms with Crippen LogP contribution in [0, 0.1) is 11.6 Å². The smallest absolute Gasteiger partial charge is 0.257 e. The summed E-state index contributed by atoms with van der Waals surface area (Å²) < 4.78 is 28.0. The largest absolute Gasteiger partial charge is 0.342 e. The van der Waals surface area contributed by atoms with Crippen LogP contribution in [-0.4, -0.2) is 44.4 Å². The van der Waals surface area contributed by atoms with Crippen LogP contribution in [-0.2, 0) is 12.8 Å². The van der Waals surface area contributed by atoms with Crippen molar-refractivity contribution in [3.05, 3.63) is 89.4 Å². The lowest BCUT2D eigenvalue weighted by molar-refractivity contribution is 0.0792. The van der Waals surface area contributed by atoms with Crippen molar-refractivity contribution in [2.24, 2.45) is 0 Å². The number of rotatable bonds is 8. The number of nitrogens with one attached hydrogen (secondary N) is 1. The SMILES string of the molecule is CCc1c(C(=O)N(C)CCCc2cc(-c3ccc(F)cc3)n[nH]2)cnn1-c1ccc(F)cc1. The van der Waals surface area contributed by atoms with Crippen LogP contribution in [0.5, 0.6) is 0 Å². The minimum absolute atomic E-state index is 0.100. The number of hydrogen-bond acceptors (Lipinski definition) is 3. The second kappa shape index (κ2) is 9.77. The van der Waals surface area contributed by atoms with Gasteiger partial charge in [0, 0.05) is 24.8 Å². The third kappa shape index (κ3) is 5.00. The van der Waals surface area contributed by atoms with Gasteiger partial charge in [0.05, 0.1) is 28.8 Å². The number of aryl methyl sites for hydroxylation is 1. The lowest BCUT2D eigenvalue weighted by atomic mass is 10.1. The van der Waals surface area contributed by atoms with Gasteiger partial charge in [0.1, 0.15) is 11.6 Å². The van der Waals surface area contributed by atoms with E-state index in [1.54, 1.807) is 47.1 Å². The van der Waals surface area contributed by atoms with Gasteiger partial charge in [-0.15, -0.1) is 0 Å². The summed E-state index contributed by atoms with van der Waals surface area (Å²) >= 11 is 0. The highest BCUT2D eigenvalue weighted by molar-refractivity contribution is 5.95. The van der Waals surface area contributed by atoms with Crippen molar-refractivity contribution in [2.45, 2.75) is 26.2 Å². The topological polar surface area (TPSA) is 66.8 Å². The minimum atomic E-state index is -0.318. The van der Waals surface area contributed by atoms with Gasteiger partial charge < -0.3 is 4.90 Å². The number of aromatic nitrogens is 4. The summed E-state index contributed by atoms with van der Waals surface area (Å²) in [7, 11) is 1.77. The maximum absolute atomic E-state index is 13.3. The number of halogens is 2. The Labute approximate surface area is 190 Å². The number of nitrogens with zero attached hydrogens (tertiary/aromatic N) is 4. The number of amides is 1. The zero-order valence-electron chi connectivity index (χ0n) is 18.6. The minimum Gasteiger partial charge on any atom is -0.342 e. The summed E-state index contributed by atoms with van der Waals surface area (Å²) in [6, 6.07) is 14.2. The van der Waals surface area contributed by atoms with Gasteiger partial charge in [0.2, 0.25) is 0 Å². The maximum atomic E-state index is 13.3. The van der Waals surface area contributed by atoms with Crippen LogP contribution < -0.4 is 0 Å². The molecule has 0 atom stereocenters. The fraction of sp³-hybridized carbons (Fsp3) is 0.240. The summed E-state index contributed by atoms with van der Waals surface area (Å²) in [5.74, 6) is -0.699. The van der Waals surface area contributed by atoms with Crippen molar-refractivity contribution in [3.8, 4) is 16.9 Å². The molecule has 0 saturated carbocycles. The van der Waals surface area contributed by atoms with Crippen LogP contribution in [0.4, 0.5) is 8.78 Å². The van der Waals surface area contributed by atoms with E-state index in [0.717, 1.165) is 35.5 Å². The standard InChI is InChI=1S/C25H25F2N5O/c1-3-24-22(16-28-32(24)21-12-10-19(27)11-13-21)25(33)31(2)14-4-5-20-15-23(30-29-20)17-6-8-18(26)9-7-17/h6-13,15-16H,3-5,14H2,1-2H3,(H,29,30). The number of H-pyrrole nitrogens is 1. The van der Waals surface area contributed by atoms with E-state index in [4.69, 9.17) is 0 Å². The Morgan fingerprint density at radius 2 is 1.73 bits per heavy atom. The van der Waals surface area contributed by atoms with Gasteiger partial charge in [-0.05, 0) is 73.9 Å². The first-order chi connectivity index (χ1) is 16.0. The highest BCUT2D eigenvalue weighted by Gasteiger charge is 2.20. The lowest BCUT2D eigenvalue weighted by Gasteiger charge is -2.17. The lowest BCUT2D eigenvalue weighted by Crippen LogP contribution is -2.28. The molecule has 0 bridgehead atoms. The van der Waals surface area contributed by atoms with Gasteiger partial charge >= 0.3 is 0 Å². The third-order valence-electron chi connectivity index (χ3n) is 5.56. The van der Waals surface area contributed by atoms with Crippen molar-refractivity contribution in [1.29, 1.82) is 0 Å². The number of benzene rings is 2. The van der Waals surface area contributed by atoms with Crippen molar-refractivity contribution < 1.29 is 13.6 Å². The fourth-order valence-electron chi connectivity index (χ4n) is 3.77. The Morgan fingerprint density at radius 3 is 2.39 bits per heavy atom. The number of aromatic amines is 1. The molecule has 2 aromatic carbocycles. The van der Waals surface area contributed by atoms with Gasteiger partial charge in [-0.1, -0.05) is 6.92 Å². The number of hydrogen-bond donors (Lipinski definition) is 1. The molecule has 8 heteroatoms. The predicted octanol–water partition coefficient (Wildman–Crippen LogP) is 4.81. The molecule has 0 aliphatic carbocycles. The molecule has 170 valence electrons. The molecule has 2 heterocycles. The van der Waals surface area contributed by atoms with Gasteiger partial charge in [-0.3, -0.25) is 9.89 Å². The average Bonchev–Trinajstić information content (AvgIpc) is 3.47. The van der Waals surface area contributed by atoms with E-state index in [9.17, 15) is 13.6 Å². The Hall–Kier alpha value is -3.81. The van der Waals surface area contributed by atoms with E-state index < -0.39 is 0 Å². The predicted molar refractivity (Wildman–Crippen MR) is 122 cm³/mol. The zero-order chi connectivity index (χ0) is 23.4. The fourth-order valence-corrected chi connectivity index (χ4v) is 3.77. The molecule has 6 nitrogen and oxygen atoms in total. The molecule has 0 unspecified atom stereocenters. The molecular weight excluding hydrogens is 424 g/mol. The summed E-state index contributed by atoms with van der Waals surface area (Å²) in [6.45, 7) is 2.53. The van der Waals surface area contributed by atoms with E-state index in [1.165, 1.54) is 24.3 Å². The van der Waals surface area contributed by atoms with Crippen LogP contribution in [0.3, 0.4) is 0 Å². The van der Waals surface area contributed by atoms with Gasteiger partial charge in [0.15, 0.2) is 0 Å². The van der Waals surface area contributed by atoms with Crippen molar-refractivity contribution in [1.82, 2.24) is 24.9 Å². The highest BCUT2D eigenvalue weighted by Crippen LogP contribution is 2.20. The first-order valence-corrected chi connectivity index (χ1v) is 10.8. The molecule has 0 aliphatic rings. The number of carbonyl (C=O) groups is 1. The average molecular weight is 450 g/mol. The maximum Gasteiger partial charge on any atom is 0.257 e. The monoisotopic (exact) mass is 449 g/mol. The molecule has 0 fully saturated rings. The molecule has 1 N–H and O–H groups in total. The molecule has 4 aromatic rings. The second-order valence-electron chi connectivity index (χ2n) is 7.86. The van der Waals surface area contributed by atoms with E-state index in [-0.39, 0.29) is 17.5 Å². The molecule has 1 amide bonds. The molecule has 33 heavy (non-hydrogen) atoms. The Balaban J connectivity index is 1.37. The quantitative estimate of drug-likeness (QED) is 0.420. The third-order valence-corrected chi connectivity index (χ3v) is 5.56.